The summed E-state index contributed by atoms with van der Waals surface area (Å²) < 4.78 is 53.9. The van der Waals surface area contributed by atoms with Crippen molar-refractivity contribution in [1.29, 1.82) is 0 Å². The first kappa shape index (κ1) is 18.0. The minimum Gasteiger partial charge on any atom is -0.311 e. The van der Waals surface area contributed by atoms with E-state index < -0.39 is 17.7 Å². The van der Waals surface area contributed by atoms with Crippen molar-refractivity contribution >= 4 is 24.0 Å². The number of hydrogen-bond donors (Lipinski definition) is 1. The molecule has 0 fully saturated rings. The predicted octanol–water partition coefficient (Wildman–Crippen LogP) is 3.81. The molecule has 0 bridgehead atoms. The molecule has 1 aromatic carbocycles. The zero-order valence-corrected chi connectivity index (χ0v) is 13.3. The van der Waals surface area contributed by atoms with Crippen molar-refractivity contribution in [2.45, 2.75) is 25.7 Å². The van der Waals surface area contributed by atoms with Gasteiger partial charge in [-0.2, -0.15) is 18.3 Å². The molecule has 23 heavy (non-hydrogen) atoms. The fourth-order valence-corrected chi connectivity index (χ4v) is 2.89. The summed E-state index contributed by atoms with van der Waals surface area (Å²) in [6, 6.07) is 3.90. The van der Waals surface area contributed by atoms with Crippen LogP contribution >= 0.6 is 24.0 Å². The van der Waals surface area contributed by atoms with Crippen LogP contribution in [0.4, 0.5) is 17.6 Å². The van der Waals surface area contributed by atoms with E-state index in [9.17, 15) is 17.6 Å². The van der Waals surface area contributed by atoms with E-state index in [2.05, 4.69) is 10.4 Å². The molecule has 0 aliphatic carbocycles. The number of hydrogen-bond acceptors (Lipinski definition) is 2. The van der Waals surface area contributed by atoms with E-state index in [1.807, 2.05) is 0 Å². The number of aromatic nitrogens is 2. The molecule has 0 spiro atoms. The van der Waals surface area contributed by atoms with Gasteiger partial charge in [0.05, 0.1) is 12.2 Å². The first-order valence-corrected chi connectivity index (χ1v) is 7.04. The van der Waals surface area contributed by atoms with Crippen molar-refractivity contribution in [3.05, 3.63) is 51.6 Å². The molecule has 9 heteroatoms. The van der Waals surface area contributed by atoms with Crippen LogP contribution in [0, 0.1) is 5.82 Å². The minimum absolute atomic E-state index is 0. The molecule has 126 valence electrons. The second-order valence-electron chi connectivity index (χ2n) is 5.13. The highest BCUT2D eigenvalue weighted by Gasteiger charge is 2.39. The fraction of sp³-hybridized carbons (Fsp3) is 0.357. The molecule has 0 saturated carbocycles. The lowest BCUT2D eigenvalue weighted by Gasteiger charge is -2.16. The van der Waals surface area contributed by atoms with Crippen LogP contribution in [0.2, 0.25) is 5.02 Å². The monoisotopic (exact) mass is 369 g/mol. The summed E-state index contributed by atoms with van der Waals surface area (Å²) in [5.74, 6) is -0.530. The lowest BCUT2D eigenvalue weighted by Crippen LogP contribution is -2.26. The standard InChI is InChI=1S/C14H12ClF4N3.ClH/c15-9-3-8(4-10(16)5-9)7-22-12-6-20-2-1-11(12)13(21-22)14(17,18)19;/h3-5,20H,1-2,6-7H2;1H. The van der Waals surface area contributed by atoms with Gasteiger partial charge < -0.3 is 5.32 Å². The number of benzene rings is 1. The summed E-state index contributed by atoms with van der Waals surface area (Å²) >= 11 is 5.78. The molecular weight excluding hydrogens is 357 g/mol. The Bertz CT molecular complexity index is 693. The van der Waals surface area contributed by atoms with Crippen molar-refractivity contribution in [3.8, 4) is 0 Å². The maximum absolute atomic E-state index is 13.4. The maximum atomic E-state index is 13.4. The molecule has 0 atom stereocenters. The van der Waals surface area contributed by atoms with E-state index >= 15 is 0 Å². The Hall–Kier alpha value is -1.31. The normalized spacial score (nSPS) is 14.3. The van der Waals surface area contributed by atoms with Crippen molar-refractivity contribution < 1.29 is 17.6 Å². The molecule has 1 aliphatic rings. The lowest BCUT2D eigenvalue weighted by atomic mass is 10.1. The summed E-state index contributed by atoms with van der Waals surface area (Å²) in [6.45, 7) is 0.826. The van der Waals surface area contributed by atoms with Gasteiger partial charge in [0, 0.05) is 17.1 Å². The van der Waals surface area contributed by atoms with Gasteiger partial charge in [-0.1, -0.05) is 11.6 Å². The SMILES string of the molecule is Cl.Fc1cc(Cl)cc(Cn2nc(C(F)(F)F)c3c2CNCC3)c1. The molecule has 2 aromatic rings. The first-order valence-electron chi connectivity index (χ1n) is 6.66. The topological polar surface area (TPSA) is 29.9 Å². The van der Waals surface area contributed by atoms with Gasteiger partial charge in [-0.3, -0.25) is 4.68 Å². The third-order valence-corrected chi connectivity index (χ3v) is 3.75. The van der Waals surface area contributed by atoms with Crippen molar-refractivity contribution in [3.63, 3.8) is 0 Å². The predicted molar refractivity (Wildman–Crippen MR) is 80.4 cm³/mol. The average Bonchev–Trinajstić information content (AvgIpc) is 2.77. The Morgan fingerprint density at radius 1 is 1.26 bits per heavy atom. The Labute approximate surface area is 141 Å². The Balaban J connectivity index is 0.00000192. The molecule has 1 N–H and O–H groups in total. The van der Waals surface area contributed by atoms with Gasteiger partial charge in [-0.15, -0.1) is 12.4 Å². The Morgan fingerprint density at radius 3 is 2.65 bits per heavy atom. The van der Waals surface area contributed by atoms with E-state index in [1.54, 1.807) is 0 Å². The third-order valence-electron chi connectivity index (χ3n) is 3.53. The van der Waals surface area contributed by atoms with E-state index in [-0.39, 0.29) is 36.0 Å². The van der Waals surface area contributed by atoms with E-state index in [4.69, 9.17) is 11.6 Å². The average molecular weight is 370 g/mol. The number of rotatable bonds is 2. The Kier molecular flexibility index (Phi) is 5.23. The summed E-state index contributed by atoms with van der Waals surface area (Å²) in [5, 5.41) is 6.93. The second-order valence-corrected chi connectivity index (χ2v) is 5.57. The second kappa shape index (κ2) is 6.67. The van der Waals surface area contributed by atoms with Crippen LogP contribution < -0.4 is 5.32 Å². The molecule has 3 rings (SSSR count). The Morgan fingerprint density at radius 2 is 2.00 bits per heavy atom. The quantitative estimate of drug-likeness (QED) is 0.815. The van der Waals surface area contributed by atoms with Gasteiger partial charge in [0.2, 0.25) is 0 Å². The van der Waals surface area contributed by atoms with Gasteiger partial charge in [0.15, 0.2) is 5.69 Å². The van der Waals surface area contributed by atoms with Crippen LogP contribution in [0.1, 0.15) is 22.5 Å². The van der Waals surface area contributed by atoms with Gasteiger partial charge >= 0.3 is 6.18 Å². The lowest BCUT2D eigenvalue weighted by molar-refractivity contribution is -0.142. The smallest absolute Gasteiger partial charge is 0.311 e. The van der Waals surface area contributed by atoms with Crippen LogP contribution in [-0.2, 0) is 25.7 Å². The summed E-state index contributed by atoms with van der Waals surface area (Å²) in [4.78, 5) is 0. The van der Waals surface area contributed by atoms with E-state index in [1.165, 1.54) is 16.8 Å². The maximum Gasteiger partial charge on any atom is 0.435 e. The summed E-state index contributed by atoms with van der Waals surface area (Å²) in [6.07, 6.45) is -4.22. The van der Waals surface area contributed by atoms with E-state index in [0.29, 0.717) is 24.3 Å². The third kappa shape index (κ3) is 3.79. The van der Waals surface area contributed by atoms with Crippen LogP contribution in [0.3, 0.4) is 0 Å². The highest BCUT2D eigenvalue weighted by molar-refractivity contribution is 6.30. The van der Waals surface area contributed by atoms with Crippen LogP contribution in [-0.4, -0.2) is 16.3 Å². The van der Waals surface area contributed by atoms with Crippen LogP contribution in [0.5, 0.6) is 0 Å². The molecule has 2 heterocycles. The number of nitrogens with zero attached hydrogens (tertiary/aromatic N) is 2. The zero-order chi connectivity index (χ0) is 15.9. The highest BCUT2D eigenvalue weighted by atomic mass is 35.5. The molecule has 0 amide bonds. The highest BCUT2D eigenvalue weighted by Crippen LogP contribution is 2.34. The molecular formula is C14H13Cl2F4N3. The van der Waals surface area contributed by atoms with Gasteiger partial charge in [0.25, 0.3) is 0 Å². The first-order chi connectivity index (χ1) is 10.3. The van der Waals surface area contributed by atoms with E-state index in [0.717, 1.165) is 6.07 Å². The molecule has 0 saturated heterocycles. The van der Waals surface area contributed by atoms with Crippen molar-refractivity contribution in [1.82, 2.24) is 15.1 Å². The molecule has 1 aromatic heterocycles. The molecule has 1 aliphatic heterocycles. The fourth-order valence-electron chi connectivity index (χ4n) is 2.65. The zero-order valence-electron chi connectivity index (χ0n) is 11.8. The summed E-state index contributed by atoms with van der Waals surface area (Å²) in [7, 11) is 0. The number of nitrogens with one attached hydrogen (secondary N) is 1. The number of fused-ring (bicyclic) bond motifs is 1. The molecule has 0 unspecified atom stereocenters. The van der Waals surface area contributed by atoms with Crippen molar-refractivity contribution in [2.75, 3.05) is 6.54 Å². The van der Waals surface area contributed by atoms with Crippen molar-refractivity contribution in [2.24, 2.45) is 0 Å². The van der Waals surface area contributed by atoms with Crippen LogP contribution in [0.15, 0.2) is 18.2 Å². The molecule has 0 radical (unpaired) electrons. The minimum atomic E-state index is -4.49. The number of alkyl halides is 3. The summed E-state index contributed by atoms with van der Waals surface area (Å²) in [5.41, 5.74) is 0.314. The van der Waals surface area contributed by atoms with Crippen LogP contribution in [0.25, 0.3) is 0 Å². The number of halogens is 6. The van der Waals surface area contributed by atoms with Gasteiger partial charge in [-0.25, -0.2) is 4.39 Å². The van der Waals surface area contributed by atoms with Gasteiger partial charge in [0.1, 0.15) is 5.82 Å². The molecule has 3 nitrogen and oxygen atoms in total. The largest absolute Gasteiger partial charge is 0.435 e. The van der Waals surface area contributed by atoms with Gasteiger partial charge in [-0.05, 0) is 36.7 Å².